The third-order valence-corrected chi connectivity index (χ3v) is 6.62. The van der Waals surface area contributed by atoms with E-state index in [-0.39, 0.29) is 11.2 Å². The lowest BCUT2D eigenvalue weighted by atomic mass is 10.0. The largest absolute Gasteiger partial charge is 0.310 e. The van der Waals surface area contributed by atoms with Crippen LogP contribution in [0.15, 0.2) is 47.3 Å². The lowest BCUT2D eigenvalue weighted by molar-refractivity contribution is -0.384. The molecule has 1 N–H and O–H groups in total. The third kappa shape index (κ3) is 3.74. The molecule has 0 aliphatic carbocycles. The number of nitrogens with one attached hydrogen (secondary N) is 1. The summed E-state index contributed by atoms with van der Waals surface area (Å²) in [5.74, 6) is 0.532. The van der Waals surface area contributed by atoms with E-state index in [1.54, 1.807) is 12.1 Å². The highest BCUT2D eigenvalue weighted by atomic mass is 35.5. The van der Waals surface area contributed by atoms with Gasteiger partial charge >= 0.3 is 0 Å². The molecular formula is C22H18ClN3O3S. The average Bonchev–Trinajstić information content (AvgIpc) is 3.09. The van der Waals surface area contributed by atoms with Crippen LogP contribution in [0.5, 0.6) is 0 Å². The molecule has 2 heterocycles. The number of fused-ring (bicyclic) bond motifs is 1. The summed E-state index contributed by atoms with van der Waals surface area (Å²) >= 11 is 7.70. The maximum atomic E-state index is 13.0. The first-order valence-electron chi connectivity index (χ1n) is 9.41. The van der Waals surface area contributed by atoms with Gasteiger partial charge in [0.2, 0.25) is 0 Å². The van der Waals surface area contributed by atoms with Gasteiger partial charge in [0.1, 0.15) is 10.7 Å². The van der Waals surface area contributed by atoms with Gasteiger partial charge in [-0.1, -0.05) is 36.7 Å². The summed E-state index contributed by atoms with van der Waals surface area (Å²) in [5.41, 5.74) is 3.50. The van der Waals surface area contributed by atoms with Crippen molar-refractivity contribution in [3.8, 4) is 11.1 Å². The number of nitrogens with zero attached hydrogens (tertiary/aromatic N) is 2. The number of aryl methyl sites for hydroxylation is 2. The van der Waals surface area contributed by atoms with Gasteiger partial charge in [-0.05, 0) is 42.2 Å². The Morgan fingerprint density at radius 1 is 1.20 bits per heavy atom. The van der Waals surface area contributed by atoms with E-state index in [0.29, 0.717) is 27.5 Å². The molecule has 4 rings (SSSR count). The minimum atomic E-state index is -0.437. The molecule has 0 unspecified atom stereocenters. The monoisotopic (exact) mass is 439 g/mol. The Kier molecular flexibility index (Phi) is 5.40. The normalized spacial score (nSPS) is 11.2. The molecule has 0 spiro atoms. The van der Waals surface area contributed by atoms with Crippen LogP contribution in [-0.2, 0) is 12.8 Å². The Hall–Kier alpha value is -3.03. The van der Waals surface area contributed by atoms with E-state index >= 15 is 0 Å². The number of nitro benzene ring substituents is 1. The quantitative estimate of drug-likeness (QED) is 0.320. The molecule has 8 heteroatoms. The topological polar surface area (TPSA) is 88.9 Å². The van der Waals surface area contributed by atoms with Crippen LogP contribution in [0.3, 0.4) is 0 Å². The second-order valence-electron chi connectivity index (χ2n) is 7.01. The number of H-pyrrole nitrogens is 1. The van der Waals surface area contributed by atoms with Crippen LogP contribution in [0.4, 0.5) is 5.69 Å². The number of hydrogen-bond acceptors (Lipinski definition) is 5. The van der Waals surface area contributed by atoms with E-state index in [4.69, 9.17) is 11.6 Å². The molecule has 2 aromatic carbocycles. The highest BCUT2D eigenvalue weighted by Crippen LogP contribution is 2.37. The fraction of sp³-hybridized carbons (Fsp3) is 0.182. The zero-order chi connectivity index (χ0) is 21.4. The summed E-state index contributed by atoms with van der Waals surface area (Å²) < 4.78 is 0. The Morgan fingerprint density at radius 3 is 2.57 bits per heavy atom. The number of halogens is 1. The molecule has 0 aliphatic rings. The second kappa shape index (κ2) is 8.01. The summed E-state index contributed by atoms with van der Waals surface area (Å²) in [5, 5.41) is 12.1. The number of thiophene rings is 1. The molecule has 6 nitrogen and oxygen atoms in total. The van der Waals surface area contributed by atoms with Crippen molar-refractivity contribution in [3.63, 3.8) is 0 Å². The molecule has 30 heavy (non-hydrogen) atoms. The predicted octanol–water partition coefficient (Wildman–Crippen LogP) is 5.67. The van der Waals surface area contributed by atoms with Gasteiger partial charge < -0.3 is 4.98 Å². The lowest BCUT2D eigenvalue weighted by Gasteiger charge is -2.06. The van der Waals surface area contributed by atoms with Gasteiger partial charge in [-0.25, -0.2) is 4.98 Å². The van der Waals surface area contributed by atoms with Crippen LogP contribution in [0.25, 0.3) is 21.3 Å². The van der Waals surface area contributed by atoms with Crippen molar-refractivity contribution >= 4 is 38.8 Å². The highest BCUT2D eigenvalue weighted by molar-refractivity contribution is 7.19. The highest BCUT2D eigenvalue weighted by Gasteiger charge is 2.18. The molecule has 0 saturated carbocycles. The molecule has 0 aliphatic heterocycles. The zero-order valence-corrected chi connectivity index (χ0v) is 17.9. The maximum Gasteiger partial charge on any atom is 0.269 e. The molecule has 0 fully saturated rings. The summed E-state index contributed by atoms with van der Waals surface area (Å²) in [6.45, 7) is 4.00. The minimum Gasteiger partial charge on any atom is -0.310 e. The van der Waals surface area contributed by atoms with Gasteiger partial charge in [0.25, 0.3) is 11.2 Å². The van der Waals surface area contributed by atoms with Crippen molar-refractivity contribution in [2.24, 2.45) is 0 Å². The van der Waals surface area contributed by atoms with Crippen LogP contribution in [0.2, 0.25) is 5.02 Å². The smallest absolute Gasteiger partial charge is 0.269 e. The van der Waals surface area contributed by atoms with Crippen LogP contribution in [-0.4, -0.2) is 14.9 Å². The predicted molar refractivity (Wildman–Crippen MR) is 121 cm³/mol. The van der Waals surface area contributed by atoms with Gasteiger partial charge in [0, 0.05) is 34.0 Å². The average molecular weight is 440 g/mol. The Labute approximate surface area is 181 Å². The number of nitro groups is 1. The number of hydrogen-bond donors (Lipinski definition) is 1. The van der Waals surface area contributed by atoms with E-state index < -0.39 is 4.92 Å². The molecular weight excluding hydrogens is 422 g/mol. The number of aromatic nitrogens is 2. The van der Waals surface area contributed by atoms with Gasteiger partial charge in [0.15, 0.2) is 0 Å². The number of benzene rings is 2. The third-order valence-electron chi connectivity index (χ3n) is 4.97. The van der Waals surface area contributed by atoms with E-state index in [9.17, 15) is 14.9 Å². The van der Waals surface area contributed by atoms with Crippen molar-refractivity contribution in [2.45, 2.75) is 26.7 Å². The number of aromatic amines is 1. The van der Waals surface area contributed by atoms with Crippen LogP contribution >= 0.6 is 22.9 Å². The van der Waals surface area contributed by atoms with Gasteiger partial charge in [-0.15, -0.1) is 11.3 Å². The Bertz CT molecular complexity index is 1330. The number of rotatable bonds is 5. The first-order chi connectivity index (χ1) is 14.4. The Balaban J connectivity index is 1.78. The van der Waals surface area contributed by atoms with Crippen molar-refractivity contribution in [3.05, 3.63) is 89.8 Å². The molecule has 0 amide bonds. The molecule has 4 aromatic rings. The van der Waals surface area contributed by atoms with Crippen molar-refractivity contribution in [1.82, 2.24) is 9.97 Å². The van der Waals surface area contributed by atoms with Crippen LogP contribution in [0.1, 0.15) is 28.8 Å². The molecule has 2 aromatic heterocycles. The standard InChI is InChI=1S/C22H18ClN3O3S/c1-3-17-19(14-6-9-16(23)12(2)10-14)20-21(27)24-18(25-22(20)30-17)11-13-4-7-15(8-5-13)26(28)29/h4-10H,3,11H2,1-2H3,(H,24,25,27). The molecule has 0 saturated heterocycles. The lowest BCUT2D eigenvalue weighted by Crippen LogP contribution is -2.12. The fourth-order valence-corrected chi connectivity index (χ4v) is 4.74. The SMILES string of the molecule is CCc1sc2nc(Cc3ccc([N+](=O)[O-])cc3)[nH]c(=O)c2c1-c1ccc(Cl)c(C)c1. The summed E-state index contributed by atoms with van der Waals surface area (Å²) in [6.07, 6.45) is 1.17. The first kappa shape index (κ1) is 20.3. The second-order valence-corrected chi connectivity index (χ2v) is 8.50. The van der Waals surface area contributed by atoms with E-state index in [1.165, 1.54) is 23.5 Å². The Morgan fingerprint density at radius 2 is 1.93 bits per heavy atom. The summed E-state index contributed by atoms with van der Waals surface area (Å²) in [7, 11) is 0. The maximum absolute atomic E-state index is 13.0. The summed E-state index contributed by atoms with van der Waals surface area (Å²) in [6, 6.07) is 12.0. The molecule has 0 atom stereocenters. The van der Waals surface area contributed by atoms with Gasteiger partial charge in [-0.2, -0.15) is 0 Å². The van der Waals surface area contributed by atoms with Crippen molar-refractivity contribution < 1.29 is 4.92 Å². The molecule has 0 bridgehead atoms. The molecule has 152 valence electrons. The first-order valence-corrected chi connectivity index (χ1v) is 10.6. The van der Waals surface area contributed by atoms with E-state index in [2.05, 4.69) is 16.9 Å². The van der Waals surface area contributed by atoms with Gasteiger partial charge in [-0.3, -0.25) is 14.9 Å². The zero-order valence-electron chi connectivity index (χ0n) is 16.4. The number of non-ortho nitro benzene ring substituents is 1. The van der Waals surface area contributed by atoms with Crippen LogP contribution < -0.4 is 5.56 Å². The van der Waals surface area contributed by atoms with Crippen molar-refractivity contribution in [2.75, 3.05) is 0 Å². The fourth-order valence-electron chi connectivity index (χ4n) is 3.47. The van der Waals surface area contributed by atoms with E-state index in [1.807, 2.05) is 25.1 Å². The van der Waals surface area contributed by atoms with E-state index in [0.717, 1.165) is 33.6 Å². The minimum absolute atomic E-state index is 0.0319. The molecule has 0 radical (unpaired) electrons. The summed E-state index contributed by atoms with van der Waals surface area (Å²) in [4.78, 5) is 32.7. The van der Waals surface area contributed by atoms with Gasteiger partial charge in [0.05, 0.1) is 10.3 Å². The van der Waals surface area contributed by atoms with Crippen molar-refractivity contribution in [1.29, 1.82) is 0 Å². The van der Waals surface area contributed by atoms with Crippen LogP contribution in [0, 0.1) is 17.0 Å².